The van der Waals surface area contributed by atoms with Crippen molar-refractivity contribution in [2.24, 2.45) is 64.1 Å². The van der Waals surface area contributed by atoms with E-state index in [-0.39, 0.29) is 52.7 Å². The number of ether oxygens (including phenoxy) is 1. The zero-order valence-corrected chi connectivity index (χ0v) is 24.0. The van der Waals surface area contributed by atoms with Crippen LogP contribution in [0, 0.1) is 64.1 Å². The topological polar surface area (TPSA) is 83.8 Å². The standard InChI is InChI=1S/C33H50O5/c1-18(5-6-19(2)34)25-9-10-26-30-27(17-29(36)33(25,26)4)32(3)12-11-23(15-22(32)16-28(30)35)38-31(37)24-14-20-7-8-21(24)13-20/h7-8,18,20-30,35-36H,5-6,9-17H2,1-4H3. The molecule has 0 aromatic heterocycles. The van der Waals surface area contributed by atoms with Gasteiger partial charge in [0.2, 0.25) is 0 Å². The van der Waals surface area contributed by atoms with E-state index >= 15 is 0 Å². The minimum Gasteiger partial charge on any atom is -0.462 e. The summed E-state index contributed by atoms with van der Waals surface area (Å²) in [6.07, 6.45) is 13.8. The molecule has 0 radical (unpaired) electrons. The van der Waals surface area contributed by atoms with Crippen LogP contribution < -0.4 is 0 Å². The molecule has 5 fully saturated rings. The van der Waals surface area contributed by atoms with Crippen LogP contribution in [-0.4, -0.2) is 40.3 Å². The second kappa shape index (κ2) is 9.72. The highest BCUT2D eigenvalue weighted by Crippen LogP contribution is 2.68. The highest BCUT2D eigenvalue weighted by molar-refractivity contribution is 5.75. The van der Waals surface area contributed by atoms with Crippen molar-refractivity contribution in [1.29, 1.82) is 0 Å². The van der Waals surface area contributed by atoms with Gasteiger partial charge in [0.15, 0.2) is 0 Å². The van der Waals surface area contributed by atoms with E-state index < -0.39 is 0 Å². The lowest BCUT2D eigenvalue weighted by Gasteiger charge is -2.63. The molecule has 14 atom stereocenters. The van der Waals surface area contributed by atoms with Crippen molar-refractivity contribution in [3.8, 4) is 0 Å². The van der Waals surface area contributed by atoms with Crippen LogP contribution in [0.5, 0.6) is 0 Å². The van der Waals surface area contributed by atoms with Crippen molar-refractivity contribution in [3.63, 3.8) is 0 Å². The van der Waals surface area contributed by atoms with Crippen LogP contribution in [0.3, 0.4) is 0 Å². The molecule has 0 amide bonds. The summed E-state index contributed by atoms with van der Waals surface area (Å²) >= 11 is 0. The molecule has 0 aliphatic heterocycles. The van der Waals surface area contributed by atoms with Gasteiger partial charge >= 0.3 is 5.97 Å². The van der Waals surface area contributed by atoms with Crippen molar-refractivity contribution in [3.05, 3.63) is 12.2 Å². The average Bonchev–Trinajstić information content (AvgIpc) is 3.59. The lowest BCUT2D eigenvalue weighted by Crippen LogP contribution is -2.62. The van der Waals surface area contributed by atoms with Gasteiger partial charge in [-0.1, -0.05) is 32.9 Å². The van der Waals surface area contributed by atoms with E-state index in [0.29, 0.717) is 47.8 Å². The van der Waals surface area contributed by atoms with Gasteiger partial charge in [-0.05, 0) is 129 Å². The molecule has 5 saturated carbocycles. The molecule has 38 heavy (non-hydrogen) atoms. The van der Waals surface area contributed by atoms with Crippen LogP contribution in [0.1, 0.15) is 98.3 Å². The number of hydrogen-bond donors (Lipinski definition) is 2. The molecule has 0 aromatic rings. The maximum absolute atomic E-state index is 13.1. The Morgan fingerprint density at radius 1 is 1.00 bits per heavy atom. The zero-order valence-electron chi connectivity index (χ0n) is 24.0. The van der Waals surface area contributed by atoms with E-state index in [2.05, 4.69) is 32.9 Å². The van der Waals surface area contributed by atoms with E-state index in [9.17, 15) is 19.8 Å². The number of esters is 1. The third kappa shape index (κ3) is 4.16. The molecule has 5 nitrogen and oxygen atoms in total. The smallest absolute Gasteiger partial charge is 0.309 e. The highest BCUT2D eigenvalue weighted by Gasteiger charge is 2.66. The first-order chi connectivity index (χ1) is 18.0. The summed E-state index contributed by atoms with van der Waals surface area (Å²) in [6.45, 7) is 8.65. The van der Waals surface area contributed by atoms with Crippen molar-refractivity contribution in [1.82, 2.24) is 0 Å². The molecule has 0 spiro atoms. The molecule has 2 N–H and O–H groups in total. The maximum atomic E-state index is 13.1. The summed E-state index contributed by atoms with van der Waals surface area (Å²) in [5.41, 5.74) is -0.119. The molecule has 6 rings (SSSR count). The van der Waals surface area contributed by atoms with E-state index in [1.54, 1.807) is 6.92 Å². The molecular weight excluding hydrogens is 476 g/mol. The second-order valence-corrected chi connectivity index (χ2v) is 15.0. The van der Waals surface area contributed by atoms with Gasteiger partial charge < -0.3 is 19.7 Å². The van der Waals surface area contributed by atoms with E-state index in [4.69, 9.17) is 4.74 Å². The molecule has 212 valence electrons. The maximum Gasteiger partial charge on any atom is 0.309 e. The van der Waals surface area contributed by atoms with Crippen LogP contribution in [0.4, 0.5) is 0 Å². The first-order valence-electron chi connectivity index (χ1n) is 15.8. The van der Waals surface area contributed by atoms with Crippen LogP contribution in [-0.2, 0) is 14.3 Å². The Bertz CT molecular complexity index is 974. The molecule has 2 bridgehead atoms. The first kappa shape index (κ1) is 27.0. The van der Waals surface area contributed by atoms with Gasteiger partial charge in [0, 0.05) is 6.42 Å². The number of carbonyl (C=O) groups is 2. The van der Waals surface area contributed by atoms with E-state index in [1.165, 1.54) is 0 Å². The first-order valence-corrected chi connectivity index (χ1v) is 15.8. The number of Topliss-reactive ketones (excluding diaryl/α,β-unsaturated/α-hetero) is 1. The predicted octanol–water partition coefficient (Wildman–Crippen LogP) is 5.72. The summed E-state index contributed by atoms with van der Waals surface area (Å²) < 4.78 is 6.15. The summed E-state index contributed by atoms with van der Waals surface area (Å²) in [4.78, 5) is 24.7. The fourth-order valence-corrected chi connectivity index (χ4v) is 11.2. The molecule has 0 heterocycles. The number of fused-ring (bicyclic) bond motifs is 7. The summed E-state index contributed by atoms with van der Waals surface area (Å²) in [5.74, 6) is 3.22. The van der Waals surface area contributed by atoms with Gasteiger partial charge in [-0.3, -0.25) is 4.79 Å². The quantitative estimate of drug-likeness (QED) is 0.342. The number of hydrogen-bond acceptors (Lipinski definition) is 5. The summed E-state index contributed by atoms with van der Waals surface area (Å²) in [7, 11) is 0. The minimum atomic E-state index is -0.370. The van der Waals surface area contributed by atoms with Gasteiger partial charge in [-0.25, -0.2) is 0 Å². The Morgan fingerprint density at radius 3 is 2.47 bits per heavy atom. The van der Waals surface area contributed by atoms with Crippen LogP contribution in [0.15, 0.2) is 12.2 Å². The van der Waals surface area contributed by atoms with E-state index in [1.807, 2.05) is 0 Å². The van der Waals surface area contributed by atoms with Crippen LogP contribution in [0.25, 0.3) is 0 Å². The molecule has 6 aliphatic carbocycles. The molecular formula is C33H50O5. The Hall–Kier alpha value is -1.20. The third-order valence-electron chi connectivity index (χ3n) is 13.3. The number of ketones is 1. The predicted molar refractivity (Wildman–Crippen MR) is 146 cm³/mol. The van der Waals surface area contributed by atoms with Gasteiger partial charge in [0.05, 0.1) is 18.1 Å². The lowest BCUT2D eigenvalue weighted by atomic mass is 9.43. The van der Waals surface area contributed by atoms with Crippen molar-refractivity contribution in [2.45, 2.75) is 117 Å². The largest absolute Gasteiger partial charge is 0.462 e. The summed E-state index contributed by atoms with van der Waals surface area (Å²) in [5, 5.41) is 23.5. The van der Waals surface area contributed by atoms with Crippen LogP contribution >= 0.6 is 0 Å². The number of aliphatic hydroxyl groups is 2. The Kier molecular flexibility index (Phi) is 6.90. The SMILES string of the molecule is CC(=O)CCC(C)C1CCC2C3C(O)CC4CC(OC(=O)C5CC6C=CC5C6)CCC4(C)C3CC(O)C12C. The number of aliphatic hydroxyl groups excluding tert-OH is 2. The van der Waals surface area contributed by atoms with Gasteiger partial charge in [-0.15, -0.1) is 0 Å². The normalized spacial score (nSPS) is 51.7. The molecule has 5 heteroatoms. The third-order valence-corrected chi connectivity index (χ3v) is 13.3. The molecule has 6 aliphatic rings. The fourth-order valence-electron chi connectivity index (χ4n) is 11.2. The second-order valence-electron chi connectivity index (χ2n) is 15.0. The lowest BCUT2D eigenvalue weighted by molar-refractivity contribution is -0.210. The van der Waals surface area contributed by atoms with Crippen molar-refractivity contribution in [2.75, 3.05) is 0 Å². The van der Waals surface area contributed by atoms with Crippen molar-refractivity contribution >= 4 is 11.8 Å². The fraction of sp³-hybridized carbons (Fsp3) is 0.879. The van der Waals surface area contributed by atoms with Gasteiger partial charge in [0.1, 0.15) is 11.9 Å². The molecule has 0 aromatic carbocycles. The Labute approximate surface area is 229 Å². The highest BCUT2D eigenvalue weighted by atomic mass is 16.5. The average molecular weight is 527 g/mol. The molecule has 0 saturated heterocycles. The minimum absolute atomic E-state index is 0.00410. The Balaban J connectivity index is 1.15. The van der Waals surface area contributed by atoms with E-state index in [0.717, 1.165) is 64.2 Å². The zero-order chi connectivity index (χ0) is 27.0. The number of carbonyl (C=O) groups excluding carboxylic acids is 2. The number of rotatable bonds is 6. The number of allylic oxidation sites excluding steroid dienone is 2. The van der Waals surface area contributed by atoms with Gasteiger partial charge in [0.25, 0.3) is 0 Å². The summed E-state index contributed by atoms with van der Waals surface area (Å²) in [6, 6.07) is 0. The van der Waals surface area contributed by atoms with Gasteiger partial charge in [-0.2, -0.15) is 0 Å². The molecule has 14 unspecified atom stereocenters. The van der Waals surface area contributed by atoms with Crippen molar-refractivity contribution < 1.29 is 24.5 Å². The monoisotopic (exact) mass is 526 g/mol. The Morgan fingerprint density at radius 2 is 1.79 bits per heavy atom. The van der Waals surface area contributed by atoms with Crippen LogP contribution in [0.2, 0.25) is 0 Å².